The number of anilines is 1. The summed E-state index contributed by atoms with van der Waals surface area (Å²) in [5.74, 6) is 0.507. The number of ether oxygens (including phenoxy) is 1. The molecule has 0 radical (unpaired) electrons. The molecule has 2 aromatic carbocycles. The van der Waals surface area contributed by atoms with Gasteiger partial charge in [-0.25, -0.2) is 4.98 Å². The van der Waals surface area contributed by atoms with E-state index < -0.39 is 0 Å². The highest BCUT2D eigenvalue weighted by Crippen LogP contribution is 2.31. The fourth-order valence-corrected chi connectivity index (χ4v) is 3.37. The van der Waals surface area contributed by atoms with Crippen molar-refractivity contribution in [2.75, 3.05) is 12.4 Å². The number of carbonyl (C=O) groups is 1. The molecule has 0 atom stereocenters. The third-order valence-corrected chi connectivity index (χ3v) is 5.02. The smallest absolute Gasteiger partial charge is 0.255 e. The SMILES string of the molecule is CCc1nc(-c2ccc(NC(=O)c3ccc(OC)cc3)cc2Cl)cs1. The van der Waals surface area contributed by atoms with Crippen LogP contribution in [0.2, 0.25) is 5.02 Å². The topological polar surface area (TPSA) is 51.2 Å². The summed E-state index contributed by atoms with van der Waals surface area (Å²) >= 11 is 8.00. The van der Waals surface area contributed by atoms with E-state index in [1.807, 2.05) is 17.5 Å². The molecule has 3 rings (SSSR count). The zero-order valence-electron chi connectivity index (χ0n) is 13.9. The number of halogens is 1. The summed E-state index contributed by atoms with van der Waals surface area (Å²) in [6, 6.07) is 12.4. The molecule has 4 nitrogen and oxygen atoms in total. The lowest BCUT2D eigenvalue weighted by Crippen LogP contribution is -2.11. The molecular formula is C19H17ClN2O2S. The summed E-state index contributed by atoms with van der Waals surface area (Å²) in [4.78, 5) is 16.9. The first-order valence-corrected chi connectivity index (χ1v) is 9.06. The lowest BCUT2D eigenvalue weighted by molar-refractivity contribution is 0.102. The Bertz CT molecular complexity index is 891. The molecule has 25 heavy (non-hydrogen) atoms. The summed E-state index contributed by atoms with van der Waals surface area (Å²) in [5, 5.41) is 6.47. The van der Waals surface area contributed by atoms with Crippen LogP contribution < -0.4 is 10.1 Å². The van der Waals surface area contributed by atoms with Crippen LogP contribution in [-0.2, 0) is 6.42 Å². The number of hydrogen-bond acceptors (Lipinski definition) is 4. The Morgan fingerprint density at radius 2 is 2.00 bits per heavy atom. The minimum absolute atomic E-state index is 0.201. The van der Waals surface area contributed by atoms with Gasteiger partial charge < -0.3 is 10.1 Å². The van der Waals surface area contributed by atoms with Crippen molar-refractivity contribution in [2.45, 2.75) is 13.3 Å². The first-order chi connectivity index (χ1) is 12.1. The average Bonchev–Trinajstić information content (AvgIpc) is 3.10. The highest BCUT2D eigenvalue weighted by atomic mass is 35.5. The first kappa shape index (κ1) is 17.5. The molecule has 1 heterocycles. The maximum absolute atomic E-state index is 12.3. The van der Waals surface area contributed by atoms with Gasteiger partial charge in [-0.3, -0.25) is 4.79 Å². The Kier molecular flexibility index (Phi) is 5.36. The Balaban J connectivity index is 1.76. The van der Waals surface area contributed by atoms with Gasteiger partial charge in [-0.2, -0.15) is 0 Å². The molecule has 0 saturated carbocycles. The quantitative estimate of drug-likeness (QED) is 0.662. The largest absolute Gasteiger partial charge is 0.497 e. The number of nitrogens with one attached hydrogen (secondary N) is 1. The van der Waals surface area contributed by atoms with Crippen LogP contribution in [-0.4, -0.2) is 18.0 Å². The van der Waals surface area contributed by atoms with Gasteiger partial charge in [0.05, 0.1) is 22.8 Å². The monoisotopic (exact) mass is 372 g/mol. The van der Waals surface area contributed by atoms with Gasteiger partial charge in [0.15, 0.2) is 0 Å². The lowest BCUT2D eigenvalue weighted by atomic mass is 10.1. The normalized spacial score (nSPS) is 10.5. The molecular weight excluding hydrogens is 356 g/mol. The second-order valence-corrected chi connectivity index (χ2v) is 6.71. The molecule has 0 unspecified atom stereocenters. The third kappa shape index (κ3) is 4.00. The number of benzene rings is 2. The van der Waals surface area contributed by atoms with E-state index in [0.717, 1.165) is 22.7 Å². The van der Waals surface area contributed by atoms with E-state index in [-0.39, 0.29) is 5.91 Å². The number of rotatable bonds is 5. The van der Waals surface area contributed by atoms with Gasteiger partial charge in [0, 0.05) is 22.2 Å². The van der Waals surface area contributed by atoms with E-state index in [1.165, 1.54) is 0 Å². The number of nitrogens with zero attached hydrogens (tertiary/aromatic N) is 1. The van der Waals surface area contributed by atoms with Gasteiger partial charge in [0.1, 0.15) is 5.75 Å². The average molecular weight is 373 g/mol. The second-order valence-electron chi connectivity index (χ2n) is 5.36. The number of amides is 1. The van der Waals surface area contributed by atoms with Crippen LogP contribution in [0.3, 0.4) is 0 Å². The van der Waals surface area contributed by atoms with Crippen LogP contribution in [0, 0.1) is 0 Å². The van der Waals surface area contributed by atoms with Gasteiger partial charge >= 0.3 is 0 Å². The minimum Gasteiger partial charge on any atom is -0.497 e. The van der Waals surface area contributed by atoms with Crippen molar-refractivity contribution in [1.82, 2.24) is 4.98 Å². The molecule has 1 aromatic heterocycles. The number of aryl methyl sites for hydroxylation is 1. The molecule has 0 saturated heterocycles. The van der Waals surface area contributed by atoms with E-state index in [1.54, 1.807) is 48.8 Å². The summed E-state index contributed by atoms with van der Waals surface area (Å²) in [6.07, 6.45) is 0.901. The molecule has 128 valence electrons. The fraction of sp³-hybridized carbons (Fsp3) is 0.158. The number of aromatic nitrogens is 1. The highest BCUT2D eigenvalue weighted by Gasteiger charge is 2.11. The Morgan fingerprint density at radius 1 is 1.24 bits per heavy atom. The van der Waals surface area contributed by atoms with Gasteiger partial charge in [0.25, 0.3) is 5.91 Å². The Hall–Kier alpha value is -2.37. The predicted molar refractivity (Wildman–Crippen MR) is 103 cm³/mol. The maximum Gasteiger partial charge on any atom is 0.255 e. The Labute approximate surface area is 155 Å². The number of methoxy groups -OCH3 is 1. The van der Waals surface area contributed by atoms with Crippen LogP contribution in [0.25, 0.3) is 11.3 Å². The molecule has 0 aliphatic rings. The van der Waals surface area contributed by atoms with Gasteiger partial charge in [0.2, 0.25) is 0 Å². The third-order valence-electron chi connectivity index (χ3n) is 3.71. The number of hydrogen-bond donors (Lipinski definition) is 1. The molecule has 0 fully saturated rings. The first-order valence-electron chi connectivity index (χ1n) is 7.80. The zero-order valence-corrected chi connectivity index (χ0v) is 15.4. The van der Waals surface area contributed by atoms with Gasteiger partial charge in [-0.1, -0.05) is 18.5 Å². The van der Waals surface area contributed by atoms with Crippen molar-refractivity contribution in [3.8, 4) is 17.0 Å². The van der Waals surface area contributed by atoms with Crippen molar-refractivity contribution in [1.29, 1.82) is 0 Å². The summed E-state index contributed by atoms with van der Waals surface area (Å²) < 4.78 is 5.09. The van der Waals surface area contributed by atoms with E-state index >= 15 is 0 Å². The lowest BCUT2D eigenvalue weighted by Gasteiger charge is -2.08. The molecule has 1 N–H and O–H groups in total. The van der Waals surface area contributed by atoms with Crippen LogP contribution in [0.15, 0.2) is 47.8 Å². The summed E-state index contributed by atoms with van der Waals surface area (Å²) in [7, 11) is 1.59. The fourth-order valence-electron chi connectivity index (χ4n) is 2.34. The van der Waals surface area contributed by atoms with Crippen LogP contribution >= 0.6 is 22.9 Å². The highest BCUT2D eigenvalue weighted by molar-refractivity contribution is 7.09. The minimum atomic E-state index is -0.201. The maximum atomic E-state index is 12.3. The van der Waals surface area contributed by atoms with Crippen LogP contribution in [0.1, 0.15) is 22.3 Å². The van der Waals surface area contributed by atoms with Crippen molar-refractivity contribution in [3.63, 3.8) is 0 Å². The molecule has 1 amide bonds. The molecule has 0 spiro atoms. The molecule has 6 heteroatoms. The summed E-state index contributed by atoms with van der Waals surface area (Å²) in [5.41, 5.74) is 2.91. The van der Waals surface area contributed by atoms with Crippen LogP contribution in [0.5, 0.6) is 5.75 Å². The van der Waals surface area contributed by atoms with E-state index in [0.29, 0.717) is 22.0 Å². The number of carbonyl (C=O) groups excluding carboxylic acids is 1. The number of thiazole rings is 1. The molecule has 0 aliphatic carbocycles. The van der Waals surface area contributed by atoms with E-state index in [9.17, 15) is 4.79 Å². The standard InChI is InChI=1S/C19H17ClN2O2S/c1-3-18-22-17(11-25-18)15-9-6-13(10-16(15)20)21-19(23)12-4-7-14(24-2)8-5-12/h4-11H,3H2,1-2H3,(H,21,23). The zero-order chi connectivity index (χ0) is 17.8. The second kappa shape index (κ2) is 7.68. The van der Waals surface area contributed by atoms with Crippen LogP contribution in [0.4, 0.5) is 5.69 Å². The van der Waals surface area contributed by atoms with Crippen molar-refractivity contribution in [2.24, 2.45) is 0 Å². The van der Waals surface area contributed by atoms with Crippen molar-refractivity contribution >= 4 is 34.5 Å². The van der Waals surface area contributed by atoms with Crippen molar-refractivity contribution < 1.29 is 9.53 Å². The molecule has 3 aromatic rings. The molecule has 0 bridgehead atoms. The summed E-state index contributed by atoms with van der Waals surface area (Å²) in [6.45, 7) is 2.07. The Morgan fingerprint density at radius 3 is 2.60 bits per heavy atom. The van der Waals surface area contributed by atoms with Gasteiger partial charge in [-0.05, 0) is 48.9 Å². The predicted octanol–water partition coefficient (Wildman–Crippen LogP) is 5.29. The van der Waals surface area contributed by atoms with Crippen molar-refractivity contribution in [3.05, 3.63) is 63.4 Å². The van der Waals surface area contributed by atoms with Gasteiger partial charge in [-0.15, -0.1) is 11.3 Å². The van der Waals surface area contributed by atoms with E-state index in [4.69, 9.17) is 16.3 Å². The molecule has 0 aliphatic heterocycles. The van der Waals surface area contributed by atoms with E-state index in [2.05, 4.69) is 17.2 Å².